The molecular weight excluding hydrogens is 188 g/mol. The summed E-state index contributed by atoms with van der Waals surface area (Å²) in [5.41, 5.74) is 1.81. The molecule has 0 spiro atoms. The van der Waals surface area contributed by atoms with Crippen molar-refractivity contribution in [1.82, 2.24) is 0 Å². The zero-order chi connectivity index (χ0) is 11.1. The Morgan fingerprint density at radius 1 is 1.33 bits per heavy atom. The molecule has 0 heterocycles. The molecule has 0 bridgehead atoms. The Balaban J connectivity index is 2.67. The topological polar surface area (TPSA) is 26.3 Å². The highest BCUT2D eigenvalue weighted by atomic mass is 16.5. The summed E-state index contributed by atoms with van der Waals surface area (Å²) in [7, 11) is 0. The van der Waals surface area contributed by atoms with Gasteiger partial charge in [0, 0.05) is 0 Å². The molecule has 0 radical (unpaired) electrons. The summed E-state index contributed by atoms with van der Waals surface area (Å²) >= 11 is 0. The second-order valence-electron chi connectivity index (χ2n) is 3.19. The molecule has 0 aromatic heterocycles. The molecule has 0 aliphatic heterocycles. The van der Waals surface area contributed by atoms with E-state index in [1.165, 1.54) is 5.56 Å². The van der Waals surface area contributed by atoms with Crippen LogP contribution in [0.5, 0.6) is 0 Å². The fourth-order valence-corrected chi connectivity index (χ4v) is 1.25. The van der Waals surface area contributed by atoms with Gasteiger partial charge >= 0.3 is 5.97 Å². The van der Waals surface area contributed by atoms with Crippen LogP contribution >= 0.6 is 0 Å². The first-order chi connectivity index (χ1) is 7.27. The van der Waals surface area contributed by atoms with Crippen LogP contribution < -0.4 is 0 Å². The zero-order valence-electron chi connectivity index (χ0n) is 9.19. The molecule has 0 aliphatic carbocycles. The second-order valence-corrected chi connectivity index (χ2v) is 3.19. The van der Waals surface area contributed by atoms with Crippen LogP contribution in [0.1, 0.15) is 29.8 Å². The molecule has 1 aromatic carbocycles. The zero-order valence-corrected chi connectivity index (χ0v) is 9.19. The summed E-state index contributed by atoms with van der Waals surface area (Å²) < 4.78 is 4.90. The number of allylic oxidation sites excluding steroid dienone is 2. The monoisotopic (exact) mass is 204 g/mol. The molecule has 1 aromatic rings. The Labute approximate surface area is 90.6 Å². The maximum absolute atomic E-state index is 11.3. The molecule has 80 valence electrons. The quantitative estimate of drug-likeness (QED) is 0.556. The fourth-order valence-electron chi connectivity index (χ4n) is 1.25. The average molecular weight is 204 g/mol. The van der Waals surface area contributed by atoms with E-state index in [2.05, 4.69) is 6.08 Å². The van der Waals surface area contributed by atoms with Crippen molar-refractivity contribution in [2.24, 2.45) is 0 Å². The first-order valence-electron chi connectivity index (χ1n) is 5.15. The summed E-state index contributed by atoms with van der Waals surface area (Å²) in [5.74, 6) is -0.255. The van der Waals surface area contributed by atoms with Gasteiger partial charge in [0.1, 0.15) is 0 Å². The number of hydrogen-bond acceptors (Lipinski definition) is 2. The van der Waals surface area contributed by atoms with Gasteiger partial charge in [0.2, 0.25) is 0 Å². The van der Waals surface area contributed by atoms with Crippen molar-refractivity contribution >= 4 is 5.97 Å². The van der Waals surface area contributed by atoms with Crippen molar-refractivity contribution in [2.75, 3.05) is 6.61 Å². The van der Waals surface area contributed by atoms with E-state index in [1.807, 2.05) is 25.1 Å². The lowest BCUT2D eigenvalue weighted by Gasteiger charge is -2.02. The van der Waals surface area contributed by atoms with Crippen LogP contribution in [0, 0.1) is 0 Å². The molecule has 0 fully saturated rings. The third kappa shape index (κ3) is 3.58. The Kier molecular flexibility index (Phi) is 4.61. The lowest BCUT2D eigenvalue weighted by atomic mass is 10.1. The van der Waals surface area contributed by atoms with E-state index in [1.54, 1.807) is 19.1 Å². The second kappa shape index (κ2) is 6.02. The Hall–Kier alpha value is -1.57. The van der Waals surface area contributed by atoms with E-state index in [4.69, 9.17) is 4.74 Å². The summed E-state index contributed by atoms with van der Waals surface area (Å²) in [6.45, 7) is 4.21. The number of carbonyl (C=O) groups is 1. The highest BCUT2D eigenvalue weighted by molar-refractivity contribution is 5.89. The molecule has 0 atom stereocenters. The first kappa shape index (κ1) is 11.5. The van der Waals surface area contributed by atoms with Crippen molar-refractivity contribution in [1.29, 1.82) is 0 Å². The number of esters is 1. The predicted molar refractivity (Wildman–Crippen MR) is 60.9 cm³/mol. The summed E-state index contributed by atoms with van der Waals surface area (Å²) in [5, 5.41) is 0. The van der Waals surface area contributed by atoms with Gasteiger partial charge in [-0.2, -0.15) is 0 Å². The first-order valence-corrected chi connectivity index (χ1v) is 5.15. The van der Waals surface area contributed by atoms with Crippen molar-refractivity contribution < 1.29 is 9.53 Å². The molecule has 2 nitrogen and oxygen atoms in total. The normalized spacial score (nSPS) is 10.5. The van der Waals surface area contributed by atoms with Gasteiger partial charge in [-0.15, -0.1) is 0 Å². The molecule has 0 aliphatic rings. The lowest BCUT2D eigenvalue weighted by molar-refractivity contribution is 0.0526. The highest BCUT2D eigenvalue weighted by Crippen LogP contribution is 2.07. The molecule has 0 unspecified atom stereocenters. The molecule has 0 N–H and O–H groups in total. The number of ether oxygens (including phenoxy) is 1. The summed E-state index contributed by atoms with van der Waals surface area (Å²) in [6, 6.07) is 7.51. The highest BCUT2D eigenvalue weighted by Gasteiger charge is 2.04. The SMILES string of the molecule is C/C=C\Cc1ccc(C(=O)OCC)cc1. The van der Waals surface area contributed by atoms with Crippen molar-refractivity contribution in [3.05, 3.63) is 47.5 Å². The van der Waals surface area contributed by atoms with Gasteiger partial charge in [0.25, 0.3) is 0 Å². The van der Waals surface area contributed by atoms with Crippen molar-refractivity contribution in [2.45, 2.75) is 20.3 Å². The molecule has 1 rings (SSSR count). The van der Waals surface area contributed by atoms with Gasteiger partial charge in [-0.1, -0.05) is 24.3 Å². The smallest absolute Gasteiger partial charge is 0.338 e. The minimum atomic E-state index is -0.255. The van der Waals surface area contributed by atoms with Gasteiger partial charge in [-0.25, -0.2) is 4.79 Å². The minimum absolute atomic E-state index is 0.255. The lowest BCUT2D eigenvalue weighted by Crippen LogP contribution is -2.04. The molecule has 0 saturated heterocycles. The van der Waals surface area contributed by atoms with Gasteiger partial charge in [0.05, 0.1) is 12.2 Å². The number of benzene rings is 1. The molecule has 0 saturated carbocycles. The van der Waals surface area contributed by atoms with Crippen LogP contribution in [-0.2, 0) is 11.2 Å². The third-order valence-corrected chi connectivity index (χ3v) is 2.05. The van der Waals surface area contributed by atoms with Gasteiger partial charge in [-0.05, 0) is 38.0 Å². The average Bonchev–Trinajstić information content (AvgIpc) is 2.27. The third-order valence-electron chi connectivity index (χ3n) is 2.05. The van der Waals surface area contributed by atoms with E-state index in [-0.39, 0.29) is 5.97 Å². The van der Waals surface area contributed by atoms with E-state index in [9.17, 15) is 4.79 Å². The van der Waals surface area contributed by atoms with Crippen molar-refractivity contribution in [3.8, 4) is 0 Å². The van der Waals surface area contributed by atoms with Crippen LogP contribution in [0.2, 0.25) is 0 Å². The number of carbonyl (C=O) groups excluding carboxylic acids is 1. The summed E-state index contributed by atoms with van der Waals surface area (Å²) in [6.07, 6.45) is 5.00. The van der Waals surface area contributed by atoms with Crippen molar-refractivity contribution in [3.63, 3.8) is 0 Å². The Morgan fingerprint density at radius 3 is 2.53 bits per heavy atom. The molecular formula is C13H16O2. The maximum atomic E-state index is 11.3. The predicted octanol–water partition coefficient (Wildman–Crippen LogP) is 2.98. The minimum Gasteiger partial charge on any atom is -0.462 e. The molecule has 2 heteroatoms. The van der Waals surface area contributed by atoms with Crippen LogP contribution in [0.3, 0.4) is 0 Å². The standard InChI is InChI=1S/C13H16O2/c1-3-5-6-11-7-9-12(10-8-11)13(14)15-4-2/h3,5,7-10H,4,6H2,1-2H3/b5-3-. The van der Waals surface area contributed by atoms with Gasteiger partial charge in [0.15, 0.2) is 0 Å². The Bertz CT molecular complexity index is 336. The van der Waals surface area contributed by atoms with Crippen LogP contribution in [-0.4, -0.2) is 12.6 Å². The fraction of sp³-hybridized carbons (Fsp3) is 0.308. The Morgan fingerprint density at radius 2 is 2.00 bits per heavy atom. The van der Waals surface area contributed by atoms with Crippen LogP contribution in [0.4, 0.5) is 0 Å². The van der Waals surface area contributed by atoms with E-state index in [0.717, 1.165) is 6.42 Å². The maximum Gasteiger partial charge on any atom is 0.338 e. The van der Waals surface area contributed by atoms with Gasteiger partial charge < -0.3 is 4.74 Å². The molecule has 0 amide bonds. The summed E-state index contributed by atoms with van der Waals surface area (Å²) in [4.78, 5) is 11.3. The number of rotatable bonds is 4. The van der Waals surface area contributed by atoms with E-state index < -0.39 is 0 Å². The molecule has 15 heavy (non-hydrogen) atoms. The van der Waals surface area contributed by atoms with E-state index in [0.29, 0.717) is 12.2 Å². The number of hydrogen-bond donors (Lipinski definition) is 0. The van der Waals surface area contributed by atoms with Crippen LogP contribution in [0.25, 0.3) is 0 Å². The largest absolute Gasteiger partial charge is 0.462 e. The van der Waals surface area contributed by atoms with Crippen LogP contribution in [0.15, 0.2) is 36.4 Å². The van der Waals surface area contributed by atoms with E-state index >= 15 is 0 Å². The van der Waals surface area contributed by atoms with Gasteiger partial charge in [-0.3, -0.25) is 0 Å².